The summed E-state index contributed by atoms with van der Waals surface area (Å²) < 4.78 is 4.78. The molecule has 0 bridgehead atoms. The van der Waals surface area contributed by atoms with Crippen molar-refractivity contribution >= 4 is 62.3 Å². The van der Waals surface area contributed by atoms with E-state index in [1.807, 2.05) is 0 Å². The molecule has 0 amide bonds. The standard InChI is InChI=1S/C65H51N5/c1-41-37-60-53(52-38-44(43-19-7-4-8-20-43)31-34-57(52)68(60)46-21-9-5-10-22-46)39-51(41)63-49-25-13-16-28-55(49)66-64(67-63)70-56-29-17-14-26-50(56)62-42(2)48(33-35-59(62)70)45-32-36-61-65(3,40-45)54-27-15-18-30-58(54)69(61)47-23-11-6-12-24-47/h4-42,48,51,61H,1-3H3. The predicted octanol–water partition coefficient (Wildman–Crippen LogP) is 13.9. The van der Waals surface area contributed by atoms with Crippen molar-refractivity contribution in [2.45, 2.75) is 44.1 Å². The van der Waals surface area contributed by atoms with Crippen LogP contribution >= 0.6 is 0 Å². The van der Waals surface area contributed by atoms with E-state index in [-0.39, 0.29) is 35.1 Å². The van der Waals surface area contributed by atoms with Crippen LogP contribution in [0.25, 0.3) is 73.7 Å². The number of nitrogens with zero attached hydrogens (tertiary/aromatic N) is 5. The normalized spacial score (nSPS) is 22.0. The molecule has 14 rings (SSSR count). The highest BCUT2D eigenvalue weighted by atomic mass is 15.2. The second-order valence-electron chi connectivity index (χ2n) is 20.0. The Kier molecular flexibility index (Phi) is 9.10. The molecule has 70 heavy (non-hydrogen) atoms. The van der Waals surface area contributed by atoms with Crippen molar-refractivity contribution in [1.29, 1.82) is 0 Å². The maximum absolute atomic E-state index is 5.72. The Balaban J connectivity index is 0.906. The zero-order chi connectivity index (χ0) is 46.7. The number of hydrogen-bond donors (Lipinski definition) is 0. The Morgan fingerprint density at radius 3 is 2.04 bits per heavy atom. The quantitative estimate of drug-likeness (QED) is 0.167. The number of fused-ring (bicyclic) bond motifs is 10. The minimum Gasteiger partial charge on any atom is -0.333 e. The van der Waals surface area contributed by atoms with Gasteiger partial charge < -0.3 is 9.47 Å². The van der Waals surface area contributed by atoms with Crippen LogP contribution in [0.1, 0.15) is 55.1 Å². The molecule has 4 heterocycles. The van der Waals surface area contributed by atoms with Gasteiger partial charge in [-0.15, -0.1) is 0 Å². The summed E-state index contributed by atoms with van der Waals surface area (Å²) in [7, 11) is 0. The first-order chi connectivity index (χ1) is 34.4. The van der Waals surface area contributed by atoms with Crippen molar-refractivity contribution in [3.05, 3.63) is 245 Å². The second-order valence-corrected chi connectivity index (χ2v) is 20.0. The number of anilines is 2. The van der Waals surface area contributed by atoms with Crippen molar-refractivity contribution in [2.75, 3.05) is 4.90 Å². The monoisotopic (exact) mass is 901 g/mol. The van der Waals surface area contributed by atoms with Crippen LogP contribution in [-0.2, 0) is 5.41 Å². The van der Waals surface area contributed by atoms with Gasteiger partial charge >= 0.3 is 0 Å². The van der Waals surface area contributed by atoms with E-state index in [1.54, 1.807) is 0 Å². The molecular weight excluding hydrogens is 851 g/mol. The van der Waals surface area contributed by atoms with Crippen LogP contribution in [0.3, 0.4) is 0 Å². The van der Waals surface area contributed by atoms with E-state index in [2.05, 4.69) is 259 Å². The minimum absolute atomic E-state index is 0.000368. The molecule has 0 saturated heterocycles. The average Bonchev–Trinajstić information content (AvgIpc) is 4.01. The molecule has 0 spiro atoms. The molecule has 10 aromatic rings. The molecule has 0 saturated carbocycles. The SMILES string of the molecule is CC1C=c2c(c3cc(-c4ccccc4)ccc3n2-c2ccccc2)=CC1c1nc(-n2c3c(c4ccccc42)C(C)C(C2=CC4(C)c5ccccc5N(c5ccccc5)C4C=C2)C=C3)nc2ccccc12. The molecule has 3 aliphatic carbocycles. The highest BCUT2D eigenvalue weighted by Gasteiger charge is 2.48. The Labute approximate surface area is 408 Å². The third kappa shape index (κ3) is 6.03. The molecule has 7 aromatic carbocycles. The topological polar surface area (TPSA) is 38.9 Å². The highest BCUT2D eigenvalue weighted by molar-refractivity contribution is 5.93. The first kappa shape index (κ1) is 40.8. The first-order valence-electron chi connectivity index (χ1n) is 24.9. The lowest BCUT2D eigenvalue weighted by molar-refractivity contribution is 0.527. The van der Waals surface area contributed by atoms with Crippen LogP contribution in [-0.4, -0.2) is 25.1 Å². The lowest BCUT2D eigenvalue weighted by Gasteiger charge is -2.38. The van der Waals surface area contributed by atoms with Crippen LogP contribution in [0.2, 0.25) is 0 Å². The summed E-state index contributed by atoms with van der Waals surface area (Å²) in [6.45, 7) is 7.19. The summed E-state index contributed by atoms with van der Waals surface area (Å²) in [5.41, 5.74) is 15.5. The van der Waals surface area contributed by atoms with Crippen molar-refractivity contribution < 1.29 is 0 Å². The van der Waals surface area contributed by atoms with Crippen molar-refractivity contribution in [3.63, 3.8) is 0 Å². The number of benzene rings is 7. The Bertz CT molecular complexity index is 3970. The van der Waals surface area contributed by atoms with Gasteiger partial charge in [-0.2, -0.15) is 0 Å². The van der Waals surface area contributed by atoms with Gasteiger partial charge in [0.1, 0.15) is 0 Å². The van der Waals surface area contributed by atoms with E-state index in [9.17, 15) is 0 Å². The summed E-state index contributed by atoms with van der Waals surface area (Å²) >= 11 is 0. The lowest BCUT2D eigenvalue weighted by Crippen LogP contribution is -2.40. The van der Waals surface area contributed by atoms with Gasteiger partial charge in [-0.1, -0.05) is 178 Å². The summed E-state index contributed by atoms with van der Waals surface area (Å²) in [4.78, 5) is 13.7. The summed E-state index contributed by atoms with van der Waals surface area (Å²) in [6.07, 6.45) is 17.2. The van der Waals surface area contributed by atoms with Gasteiger partial charge in [0.2, 0.25) is 5.95 Å². The maximum Gasteiger partial charge on any atom is 0.235 e. The summed E-state index contributed by atoms with van der Waals surface area (Å²) in [6, 6.07) is 65.9. The van der Waals surface area contributed by atoms with E-state index in [1.165, 1.54) is 66.1 Å². The number of hydrogen-bond acceptors (Lipinski definition) is 3. The fourth-order valence-electron chi connectivity index (χ4n) is 12.7. The van der Waals surface area contributed by atoms with Gasteiger partial charge in [-0.25, -0.2) is 9.97 Å². The molecule has 1 aliphatic heterocycles. The molecule has 0 fully saturated rings. The van der Waals surface area contributed by atoms with Crippen LogP contribution in [0.5, 0.6) is 0 Å². The predicted molar refractivity (Wildman–Crippen MR) is 289 cm³/mol. The van der Waals surface area contributed by atoms with E-state index < -0.39 is 0 Å². The van der Waals surface area contributed by atoms with Gasteiger partial charge in [0.05, 0.1) is 39.3 Å². The maximum atomic E-state index is 5.72. The molecule has 5 nitrogen and oxygen atoms in total. The van der Waals surface area contributed by atoms with Crippen LogP contribution < -0.4 is 15.5 Å². The molecule has 3 aromatic heterocycles. The zero-order valence-corrected chi connectivity index (χ0v) is 39.5. The second kappa shape index (κ2) is 15.6. The van der Waals surface area contributed by atoms with Gasteiger partial charge in [-0.05, 0) is 107 Å². The van der Waals surface area contributed by atoms with Crippen LogP contribution in [0.4, 0.5) is 11.4 Å². The fraction of sp³-hybridized carbons (Fsp3) is 0.138. The molecule has 0 radical (unpaired) electrons. The number of allylic oxidation sites excluding steroid dienone is 3. The summed E-state index contributed by atoms with van der Waals surface area (Å²) in [5, 5.41) is 6.05. The largest absolute Gasteiger partial charge is 0.333 e. The molecule has 0 N–H and O–H groups in total. The number of rotatable bonds is 6. The molecule has 336 valence electrons. The van der Waals surface area contributed by atoms with Crippen molar-refractivity contribution in [2.24, 2.45) is 11.8 Å². The third-order valence-corrected chi connectivity index (χ3v) is 16.0. The lowest BCUT2D eigenvalue weighted by atomic mass is 9.69. The zero-order valence-electron chi connectivity index (χ0n) is 39.5. The van der Waals surface area contributed by atoms with E-state index in [0.29, 0.717) is 5.95 Å². The van der Waals surface area contributed by atoms with E-state index in [4.69, 9.17) is 9.97 Å². The molecule has 6 unspecified atom stereocenters. The molecule has 4 aliphatic rings. The van der Waals surface area contributed by atoms with Gasteiger partial charge in [-0.3, -0.25) is 4.57 Å². The van der Waals surface area contributed by atoms with Gasteiger partial charge in [0.15, 0.2) is 0 Å². The number of aromatic nitrogens is 4. The van der Waals surface area contributed by atoms with Crippen LogP contribution in [0.15, 0.2) is 212 Å². The Morgan fingerprint density at radius 1 is 0.543 bits per heavy atom. The minimum atomic E-state index is -0.195. The van der Waals surface area contributed by atoms with Gasteiger partial charge in [0, 0.05) is 55.7 Å². The van der Waals surface area contributed by atoms with E-state index >= 15 is 0 Å². The highest BCUT2D eigenvalue weighted by Crippen LogP contribution is 2.54. The fourth-order valence-corrected chi connectivity index (χ4v) is 12.7. The summed E-state index contributed by atoms with van der Waals surface area (Å²) in [5.74, 6) is 1.25. The molecule has 6 atom stereocenters. The smallest absolute Gasteiger partial charge is 0.235 e. The molecule has 5 heteroatoms. The Hall–Kier alpha value is -8.28. The van der Waals surface area contributed by atoms with E-state index in [0.717, 1.165) is 33.5 Å². The first-order valence-corrected chi connectivity index (χ1v) is 24.9. The van der Waals surface area contributed by atoms with Gasteiger partial charge in [0.25, 0.3) is 0 Å². The Morgan fingerprint density at radius 2 is 1.23 bits per heavy atom. The van der Waals surface area contributed by atoms with Crippen molar-refractivity contribution in [1.82, 2.24) is 19.1 Å². The van der Waals surface area contributed by atoms with Crippen LogP contribution in [0, 0.1) is 11.8 Å². The molecular formula is C65H51N5. The third-order valence-electron chi connectivity index (χ3n) is 16.0. The van der Waals surface area contributed by atoms with Crippen molar-refractivity contribution in [3.8, 4) is 22.8 Å². The average molecular weight is 902 g/mol. The number of para-hydroxylation sites is 5.